The molecule has 5 rings (SSSR count). The van der Waals surface area contributed by atoms with E-state index in [-0.39, 0.29) is 29.3 Å². The molecular weight excluding hydrogens is 433 g/mol. The Balaban J connectivity index is 1.28. The summed E-state index contributed by atoms with van der Waals surface area (Å²) in [6, 6.07) is 12.3. The largest absolute Gasteiger partial charge is 0.393 e. The molecule has 7 heteroatoms. The van der Waals surface area contributed by atoms with Gasteiger partial charge in [-0.15, -0.1) is 0 Å². The van der Waals surface area contributed by atoms with Gasteiger partial charge in [-0.2, -0.15) is 0 Å². The van der Waals surface area contributed by atoms with E-state index in [1.54, 1.807) is 18.2 Å². The minimum Gasteiger partial charge on any atom is -0.393 e. The highest BCUT2D eigenvalue weighted by atomic mass is 19.1. The Morgan fingerprint density at radius 3 is 2.21 bits per heavy atom. The van der Waals surface area contributed by atoms with Crippen LogP contribution in [0.25, 0.3) is 11.1 Å². The zero-order valence-corrected chi connectivity index (χ0v) is 19.4. The van der Waals surface area contributed by atoms with Gasteiger partial charge in [-0.1, -0.05) is 18.2 Å². The van der Waals surface area contributed by atoms with E-state index >= 15 is 0 Å². The van der Waals surface area contributed by atoms with Crippen LogP contribution in [0.4, 0.5) is 10.1 Å². The number of hydrogen-bond acceptors (Lipinski definition) is 4. The van der Waals surface area contributed by atoms with Crippen LogP contribution in [0.1, 0.15) is 55.3 Å². The van der Waals surface area contributed by atoms with Gasteiger partial charge in [0.05, 0.1) is 17.2 Å². The average Bonchev–Trinajstić information content (AvgIpc) is 3.16. The first-order valence-electron chi connectivity index (χ1n) is 12.3. The molecular formula is C27H32FN3O3. The van der Waals surface area contributed by atoms with Crippen molar-refractivity contribution in [1.29, 1.82) is 0 Å². The fourth-order valence-electron chi connectivity index (χ4n) is 5.97. The van der Waals surface area contributed by atoms with Gasteiger partial charge in [-0.05, 0) is 80.3 Å². The molecule has 0 atom stereocenters. The van der Waals surface area contributed by atoms with E-state index in [4.69, 9.17) is 5.73 Å². The molecule has 2 aromatic carbocycles. The summed E-state index contributed by atoms with van der Waals surface area (Å²) in [4.78, 5) is 28.9. The number of likely N-dealkylation sites (tertiary alicyclic amines) is 1. The lowest BCUT2D eigenvalue weighted by molar-refractivity contribution is -0.139. The standard InChI is InChI=1S/C27H32FN3O3/c28-23-10-5-20(18-1-3-19(4-2-18)25(29)33)17-24(23)30-14-11-27(12-15-30)13-16-31(26(27)34)21-6-8-22(32)9-7-21/h1-5,10,17,21-22,32H,6-9,11-16H2,(H2,29,33). The van der Waals surface area contributed by atoms with E-state index < -0.39 is 5.91 Å². The molecule has 180 valence electrons. The van der Waals surface area contributed by atoms with E-state index in [1.165, 1.54) is 6.07 Å². The molecule has 1 saturated carbocycles. The summed E-state index contributed by atoms with van der Waals surface area (Å²) in [5.74, 6) is -0.486. The Hall–Kier alpha value is -2.93. The van der Waals surface area contributed by atoms with Crippen molar-refractivity contribution in [1.82, 2.24) is 4.90 Å². The highest BCUT2D eigenvalue weighted by Gasteiger charge is 2.50. The first kappa shape index (κ1) is 22.8. The lowest BCUT2D eigenvalue weighted by Crippen LogP contribution is -2.47. The fourth-order valence-corrected chi connectivity index (χ4v) is 5.97. The number of benzene rings is 2. The maximum absolute atomic E-state index is 14.8. The molecule has 1 spiro atoms. The highest BCUT2D eigenvalue weighted by Crippen LogP contribution is 2.44. The minimum atomic E-state index is -0.477. The predicted molar refractivity (Wildman–Crippen MR) is 129 cm³/mol. The minimum absolute atomic E-state index is 0.224. The fraction of sp³-hybridized carbons (Fsp3) is 0.481. The summed E-state index contributed by atoms with van der Waals surface area (Å²) in [6.07, 6.45) is 5.42. The van der Waals surface area contributed by atoms with Crippen LogP contribution in [0.15, 0.2) is 42.5 Å². The normalized spacial score (nSPS) is 24.6. The van der Waals surface area contributed by atoms with Crippen LogP contribution in [0.2, 0.25) is 0 Å². The van der Waals surface area contributed by atoms with Crippen LogP contribution >= 0.6 is 0 Å². The van der Waals surface area contributed by atoms with Crippen molar-refractivity contribution in [3.05, 3.63) is 53.8 Å². The number of aliphatic hydroxyl groups is 1. The van der Waals surface area contributed by atoms with Crippen molar-refractivity contribution in [2.24, 2.45) is 11.1 Å². The number of carbonyl (C=O) groups excluding carboxylic acids is 2. The second-order valence-corrected chi connectivity index (χ2v) is 10.1. The van der Waals surface area contributed by atoms with Crippen LogP contribution in [-0.2, 0) is 4.79 Å². The molecule has 3 fully saturated rings. The number of halogens is 1. The topological polar surface area (TPSA) is 86.9 Å². The number of piperidine rings is 1. The number of nitrogens with zero attached hydrogens (tertiary/aromatic N) is 2. The number of hydrogen-bond donors (Lipinski definition) is 2. The molecule has 2 aromatic rings. The Bertz CT molecular complexity index is 1070. The van der Waals surface area contributed by atoms with Crippen molar-refractivity contribution in [2.45, 2.75) is 57.1 Å². The van der Waals surface area contributed by atoms with E-state index in [0.717, 1.165) is 62.6 Å². The first-order chi connectivity index (χ1) is 16.4. The molecule has 0 radical (unpaired) electrons. The molecule has 2 saturated heterocycles. The van der Waals surface area contributed by atoms with E-state index in [1.807, 2.05) is 18.2 Å². The highest BCUT2D eigenvalue weighted by molar-refractivity contribution is 5.93. The van der Waals surface area contributed by atoms with Gasteiger partial charge in [0, 0.05) is 31.2 Å². The third-order valence-corrected chi connectivity index (χ3v) is 8.16. The Labute approximate surface area is 199 Å². The molecule has 3 N–H and O–H groups in total. The monoisotopic (exact) mass is 465 g/mol. The Morgan fingerprint density at radius 2 is 1.56 bits per heavy atom. The maximum atomic E-state index is 14.8. The lowest BCUT2D eigenvalue weighted by atomic mass is 9.76. The molecule has 3 aliphatic rings. The number of nitrogens with two attached hydrogens (primary N) is 1. The van der Waals surface area contributed by atoms with Crippen molar-refractivity contribution in [3.8, 4) is 11.1 Å². The van der Waals surface area contributed by atoms with Crippen LogP contribution in [0.5, 0.6) is 0 Å². The second-order valence-electron chi connectivity index (χ2n) is 10.1. The number of anilines is 1. The van der Waals surface area contributed by atoms with Gasteiger partial charge >= 0.3 is 0 Å². The van der Waals surface area contributed by atoms with Gasteiger partial charge in [-0.25, -0.2) is 4.39 Å². The molecule has 0 bridgehead atoms. The van der Waals surface area contributed by atoms with Gasteiger partial charge in [0.2, 0.25) is 11.8 Å². The summed E-state index contributed by atoms with van der Waals surface area (Å²) >= 11 is 0. The summed E-state index contributed by atoms with van der Waals surface area (Å²) in [6.45, 7) is 2.08. The first-order valence-corrected chi connectivity index (χ1v) is 12.3. The van der Waals surface area contributed by atoms with Crippen molar-refractivity contribution in [3.63, 3.8) is 0 Å². The van der Waals surface area contributed by atoms with Gasteiger partial charge in [0.15, 0.2) is 0 Å². The van der Waals surface area contributed by atoms with Crippen LogP contribution in [0, 0.1) is 11.2 Å². The molecule has 34 heavy (non-hydrogen) atoms. The van der Waals surface area contributed by atoms with Crippen LogP contribution in [-0.4, -0.2) is 53.6 Å². The SMILES string of the molecule is NC(=O)c1ccc(-c2ccc(F)c(N3CCC4(CC3)CCN(C3CCC(O)CC3)C4=O)c2)cc1. The average molecular weight is 466 g/mol. The third kappa shape index (κ3) is 4.17. The van der Waals surface area contributed by atoms with Crippen LogP contribution < -0.4 is 10.6 Å². The van der Waals surface area contributed by atoms with Gasteiger partial charge in [0.1, 0.15) is 5.82 Å². The number of primary amides is 1. The van der Waals surface area contributed by atoms with E-state index in [9.17, 15) is 19.1 Å². The quantitative estimate of drug-likeness (QED) is 0.721. The summed E-state index contributed by atoms with van der Waals surface area (Å²) in [5.41, 5.74) is 7.75. The van der Waals surface area contributed by atoms with E-state index in [2.05, 4.69) is 9.80 Å². The maximum Gasteiger partial charge on any atom is 0.248 e. The second kappa shape index (κ2) is 9.02. The Morgan fingerprint density at radius 1 is 0.941 bits per heavy atom. The van der Waals surface area contributed by atoms with Crippen molar-refractivity contribution in [2.75, 3.05) is 24.5 Å². The number of aliphatic hydroxyl groups excluding tert-OH is 1. The predicted octanol–water partition coefficient (Wildman–Crippen LogP) is 3.71. The third-order valence-electron chi connectivity index (χ3n) is 8.16. The van der Waals surface area contributed by atoms with Gasteiger partial charge in [-0.3, -0.25) is 9.59 Å². The molecule has 0 unspecified atom stereocenters. The summed E-state index contributed by atoms with van der Waals surface area (Å²) in [7, 11) is 0. The summed E-state index contributed by atoms with van der Waals surface area (Å²) < 4.78 is 14.8. The van der Waals surface area contributed by atoms with Gasteiger partial charge < -0.3 is 20.6 Å². The molecule has 1 aliphatic carbocycles. The summed E-state index contributed by atoms with van der Waals surface area (Å²) in [5, 5.41) is 9.81. The molecule has 2 heterocycles. The zero-order valence-electron chi connectivity index (χ0n) is 19.4. The number of carbonyl (C=O) groups is 2. The molecule has 2 amide bonds. The lowest BCUT2D eigenvalue weighted by Gasteiger charge is -2.40. The number of amides is 2. The Kier molecular flexibility index (Phi) is 6.06. The van der Waals surface area contributed by atoms with E-state index in [0.29, 0.717) is 24.3 Å². The van der Waals surface area contributed by atoms with Crippen molar-refractivity contribution >= 4 is 17.5 Å². The van der Waals surface area contributed by atoms with Crippen LogP contribution in [0.3, 0.4) is 0 Å². The number of rotatable bonds is 4. The van der Waals surface area contributed by atoms with Gasteiger partial charge in [0.25, 0.3) is 0 Å². The molecule has 2 aliphatic heterocycles. The van der Waals surface area contributed by atoms with Crippen molar-refractivity contribution < 1.29 is 19.1 Å². The smallest absolute Gasteiger partial charge is 0.248 e. The zero-order chi connectivity index (χ0) is 23.9. The molecule has 0 aromatic heterocycles. The molecule has 6 nitrogen and oxygen atoms in total.